The highest BCUT2D eigenvalue weighted by Gasteiger charge is 2.12. The molecule has 0 fully saturated rings. The normalized spacial score (nSPS) is 10.7. The third-order valence-electron chi connectivity index (χ3n) is 3.04. The molecular formula is C14H24ClIN6O. The summed E-state index contributed by atoms with van der Waals surface area (Å²) in [4.78, 5) is 23.7. The molecule has 0 spiro atoms. The Hall–Kier alpha value is -1.29. The van der Waals surface area contributed by atoms with Crippen LogP contribution in [0.3, 0.4) is 0 Å². The van der Waals surface area contributed by atoms with Crippen LogP contribution in [0.25, 0.3) is 0 Å². The van der Waals surface area contributed by atoms with Gasteiger partial charge in [0.05, 0.1) is 12.7 Å². The summed E-state index contributed by atoms with van der Waals surface area (Å²) in [6.45, 7) is 4.83. The van der Waals surface area contributed by atoms with Gasteiger partial charge >= 0.3 is 0 Å². The lowest BCUT2D eigenvalue weighted by Gasteiger charge is -2.22. The molecule has 0 saturated carbocycles. The van der Waals surface area contributed by atoms with Crippen LogP contribution in [0.2, 0.25) is 5.15 Å². The third kappa shape index (κ3) is 6.78. The van der Waals surface area contributed by atoms with Gasteiger partial charge in [-0.2, -0.15) is 0 Å². The molecule has 0 aliphatic carbocycles. The molecule has 1 amide bonds. The molecule has 1 rings (SSSR count). The lowest BCUT2D eigenvalue weighted by atomic mass is 10.5. The van der Waals surface area contributed by atoms with Crippen LogP contribution in [0.1, 0.15) is 5.82 Å². The van der Waals surface area contributed by atoms with Crippen molar-refractivity contribution in [3.63, 3.8) is 0 Å². The van der Waals surface area contributed by atoms with Crippen molar-refractivity contribution in [3.05, 3.63) is 29.8 Å². The predicted molar refractivity (Wildman–Crippen MR) is 104 cm³/mol. The number of hydrogen-bond acceptors (Lipinski definition) is 3. The average Bonchev–Trinajstić information content (AvgIpc) is 2.78. The predicted octanol–water partition coefficient (Wildman–Crippen LogP) is 1.34. The van der Waals surface area contributed by atoms with E-state index < -0.39 is 0 Å². The second-order valence-corrected chi connectivity index (χ2v) is 5.40. The minimum atomic E-state index is -0.0636. The topological polar surface area (TPSA) is 65.8 Å². The van der Waals surface area contributed by atoms with E-state index in [1.165, 1.54) is 4.90 Å². The monoisotopic (exact) mass is 454 g/mol. The maximum Gasteiger partial charge on any atom is 0.243 e. The van der Waals surface area contributed by atoms with Crippen molar-refractivity contribution < 1.29 is 4.79 Å². The Balaban J connectivity index is 0.00000484. The number of hydrogen-bond donors (Lipinski definition) is 1. The van der Waals surface area contributed by atoms with Crippen molar-refractivity contribution in [3.8, 4) is 0 Å². The van der Waals surface area contributed by atoms with Gasteiger partial charge in [0.2, 0.25) is 5.91 Å². The number of carbonyl (C=O) groups is 1. The van der Waals surface area contributed by atoms with Gasteiger partial charge in [0, 0.05) is 34.7 Å². The maximum atomic E-state index is 11.7. The highest BCUT2D eigenvalue weighted by atomic mass is 127. The Bertz CT molecular complexity index is 557. The van der Waals surface area contributed by atoms with Crippen molar-refractivity contribution in [1.82, 2.24) is 24.7 Å². The summed E-state index contributed by atoms with van der Waals surface area (Å²) in [5, 5.41) is 3.70. The summed E-state index contributed by atoms with van der Waals surface area (Å²) in [5.41, 5.74) is 0. The van der Waals surface area contributed by atoms with Crippen LogP contribution in [0.15, 0.2) is 23.8 Å². The number of aliphatic imine (C=N–C) groups is 1. The van der Waals surface area contributed by atoms with Crippen molar-refractivity contribution >= 4 is 47.4 Å². The molecule has 1 N–H and O–H groups in total. The molecular weight excluding hydrogens is 431 g/mol. The first-order chi connectivity index (χ1) is 10.4. The first kappa shape index (κ1) is 21.7. The molecule has 9 heteroatoms. The highest BCUT2D eigenvalue weighted by Crippen LogP contribution is 2.10. The quantitative estimate of drug-likeness (QED) is 0.305. The van der Waals surface area contributed by atoms with E-state index in [9.17, 15) is 4.79 Å². The number of nitrogens with zero attached hydrogens (tertiary/aromatic N) is 5. The molecule has 1 aromatic heterocycles. The zero-order valence-corrected chi connectivity index (χ0v) is 17.0. The molecule has 0 saturated heterocycles. The number of likely N-dealkylation sites (N-methyl/N-ethyl adjacent to an activating group) is 1. The van der Waals surface area contributed by atoms with E-state index in [4.69, 9.17) is 11.6 Å². The van der Waals surface area contributed by atoms with Gasteiger partial charge in [-0.05, 0) is 0 Å². The number of nitrogens with one attached hydrogen (secondary N) is 1. The summed E-state index contributed by atoms with van der Waals surface area (Å²) in [6, 6.07) is 0. The van der Waals surface area contributed by atoms with Crippen LogP contribution >= 0.6 is 35.6 Å². The van der Waals surface area contributed by atoms with E-state index in [0.29, 0.717) is 24.2 Å². The lowest BCUT2D eigenvalue weighted by molar-refractivity contribution is -0.127. The van der Waals surface area contributed by atoms with Crippen molar-refractivity contribution in [2.45, 2.75) is 6.54 Å². The number of guanidine groups is 1. The molecule has 23 heavy (non-hydrogen) atoms. The number of aromatic nitrogens is 2. The third-order valence-corrected chi connectivity index (χ3v) is 3.39. The number of carbonyl (C=O) groups excluding carboxylic acids is 1. The standard InChI is InChI=1S/C14H23ClN6O.HI/c1-6-7-16-14(18-9-13(22)19(2)3)20(4)10-12-17-8-11(15)21(12)5;/h6,8H,1,7,9-10H2,2-5H3,(H,16,18);1H. The van der Waals surface area contributed by atoms with Gasteiger partial charge in [-0.15, -0.1) is 30.6 Å². The van der Waals surface area contributed by atoms with Crippen LogP contribution in [0.5, 0.6) is 0 Å². The fourth-order valence-electron chi connectivity index (χ4n) is 1.62. The summed E-state index contributed by atoms with van der Waals surface area (Å²) in [7, 11) is 7.13. The maximum absolute atomic E-state index is 11.7. The lowest BCUT2D eigenvalue weighted by Crippen LogP contribution is -2.40. The highest BCUT2D eigenvalue weighted by molar-refractivity contribution is 14.0. The summed E-state index contributed by atoms with van der Waals surface area (Å²) in [5.74, 6) is 1.35. The van der Waals surface area contributed by atoms with E-state index in [2.05, 4.69) is 21.9 Å². The Kier molecular flexibility index (Phi) is 9.89. The number of halogens is 2. The smallest absolute Gasteiger partial charge is 0.243 e. The molecule has 0 atom stereocenters. The fraction of sp³-hybridized carbons (Fsp3) is 0.500. The number of amides is 1. The zero-order valence-electron chi connectivity index (χ0n) is 13.9. The number of rotatable bonds is 6. The second kappa shape index (κ2) is 10.5. The molecule has 0 radical (unpaired) electrons. The van der Waals surface area contributed by atoms with Gasteiger partial charge < -0.3 is 19.7 Å². The molecule has 0 unspecified atom stereocenters. The SMILES string of the molecule is C=CCNC(=NCC(=O)N(C)C)N(C)Cc1ncc(Cl)n1C.I. The van der Waals surface area contributed by atoms with Crippen LogP contribution in [-0.4, -0.2) is 65.5 Å². The minimum absolute atomic E-state index is 0. The van der Waals surface area contributed by atoms with Crippen LogP contribution in [0.4, 0.5) is 0 Å². The first-order valence-corrected chi connectivity index (χ1v) is 7.21. The van der Waals surface area contributed by atoms with Gasteiger partial charge in [0.15, 0.2) is 5.96 Å². The largest absolute Gasteiger partial charge is 0.353 e. The Morgan fingerprint density at radius 3 is 2.65 bits per heavy atom. The van der Waals surface area contributed by atoms with Crippen LogP contribution < -0.4 is 5.32 Å². The van der Waals surface area contributed by atoms with Crippen LogP contribution in [-0.2, 0) is 18.4 Å². The van der Waals surface area contributed by atoms with Gasteiger partial charge in [0.1, 0.15) is 17.5 Å². The molecule has 1 heterocycles. The van der Waals surface area contributed by atoms with Gasteiger partial charge in [-0.3, -0.25) is 4.79 Å². The van der Waals surface area contributed by atoms with Gasteiger partial charge in [-0.25, -0.2) is 9.98 Å². The average molecular weight is 455 g/mol. The summed E-state index contributed by atoms with van der Waals surface area (Å²) in [6.07, 6.45) is 3.34. The van der Waals surface area contributed by atoms with E-state index in [1.54, 1.807) is 30.9 Å². The Labute approximate surface area is 159 Å². The van der Waals surface area contributed by atoms with E-state index in [0.717, 1.165) is 5.82 Å². The van der Waals surface area contributed by atoms with Gasteiger partial charge in [0.25, 0.3) is 0 Å². The molecule has 0 bridgehead atoms. The number of imidazole rings is 1. The molecule has 7 nitrogen and oxygen atoms in total. The summed E-state index contributed by atoms with van der Waals surface area (Å²) < 4.78 is 1.80. The second-order valence-electron chi connectivity index (χ2n) is 5.01. The fourth-order valence-corrected chi connectivity index (χ4v) is 1.76. The van der Waals surface area contributed by atoms with E-state index in [-0.39, 0.29) is 36.4 Å². The molecule has 0 aliphatic heterocycles. The van der Waals surface area contributed by atoms with E-state index >= 15 is 0 Å². The molecule has 0 aromatic carbocycles. The Morgan fingerprint density at radius 2 is 2.17 bits per heavy atom. The zero-order chi connectivity index (χ0) is 16.7. The minimum Gasteiger partial charge on any atom is -0.353 e. The van der Waals surface area contributed by atoms with Crippen LogP contribution in [0, 0.1) is 0 Å². The molecule has 1 aromatic rings. The summed E-state index contributed by atoms with van der Waals surface area (Å²) >= 11 is 5.99. The Morgan fingerprint density at radius 1 is 1.52 bits per heavy atom. The van der Waals surface area contributed by atoms with Crippen molar-refractivity contribution in [2.75, 3.05) is 34.2 Å². The molecule has 130 valence electrons. The van der Waals surface area contributed by atoms with Crippen molar-refractivity contribution in [1.29, 1.82) is 0 Å². The van der Waals surface area contributed by atoms with Crippen molar-refractivity contribution in [2.24, 2.45) is 12.0 Å². The first-order valence-electron chi connectivity index (χ1n) is 6.83. The molecule has 0 aliphatic rings. The van der Waals surface area contributed by atoms with E-state index in [1.807, 2.05) is 19.0 Å². The van der Waals surface area contributed by atoms with Gasteiger partial charge in [-0.1, -0.05) is 17.7 Å².